The molecule has 1 heterocycles. The van der Waals surface area contributed by atoms with Gasteiger partial charge in [0.05, 0.1) is 15.9 Å². The minimum atomic E-state index is -0.752. The number of nitrogen functional groups attached to an aromatic ring is 1. The average molecular weight is 276 g/mol. The number of thiazole rings is 1. The topological polar surface area (TPSA) is 38.9 Å². The molecule has 2 nitrogen and oxygen atoms in total. The summed E-state index contributed by atoms with van der Waals surface area (Å²) in [5.74, 6) is -1.40. The first-order valence-electron chi connectivity index (χ1n) is 5.66. The first-order valence-corrected chi connectivity index (χ1v) is 6.48. The number of nitrogens with two attached hydrogens (primary N) is 1. The molecule has 0 aliphatic rings. The Balaban J connectivity index is 2.21. The van der Waals surface area contributed by atoms with Crippen LogP contribution in [-0.2, 0) is 0 Å². The summed E-state index contributed by atoms with van der Waals surface area (Å²) < 4.78 is 27.9. The van der Waals surface area contributed by atoms with Crippen molar-refractivity contribution in [1.29, 1.82) is 0 Å². The largest absolute Gasteiger partial charge is 0.396 e. The van der Waals surface area contributed by atoms with Crippen LogP contribution < -0.4 is 5.73 Å². The van der Waals surface area contributed by atoms with Crippen LogP contribution in [0.5, 0.6) is 0 Å². The predicted octanol–water partition coefficient (Wildman–Crippen LogP) is 4.13. The Morgan fingerprint density at radius 2 is 1.89 bits per heavy atom. The van der Waals surface area contributed by atoms with E-state index < -0.39 is 11.6 Å². The highest BCUT2D eigenvalue weighted by Crippen LogP contribution is 2.33. The van der Waals surface area contributed by atoms with E-state index in [1.54, 1.807) is 0 Å². The van der Waals surface area contributed by atoms with Gasteiger partial charge in [0.25, 0.3) is 0 Å². The summed E-state index contributed by atoms with van der Waals surface area (Å²) in [6, 6.07) is 7.90. The van der Waals surface area contributed by atoms with Gasteiger partial charge in [-0.1, -0.05) is 6.07 Å². The molecule has 3 rings (SSSR count). The van der Waals surface area contributed by atoms with E-state index in [1.165, 1.54) is 17.4 Å². The summed E-state index contributed by atoms with van der Waals surface area (Å²) in [7, 11) is 0. The molecule has 0 bridgehead atoms. The maximum absolute atomic E-state index is 13.8. The monoisotopic (exact) mass is 276 g/mol. The molecule has 0 saturated heterocycles. The zero-order valence-corrected chi connectivity index (χ0v) is 10.9. The normalized spacial score (nSPS) is 11.1. The van der Waals surface area contributed by atoms with E-state index in [1.807, 2.05) is 25.1 Å². The van der Waals surface area contributed by atoms with Crippen LogP contribution >= 0.6 is 11.3 Å². The van der Waals surface area contributed by atoms with Gasteiger partial charge in [0.15, 0.2) is 0 Å². The molecule has 2 N–H and O–H groups in total. The molecule has 0 saturated carbocycles. The minimum absolute atomic E-state index is 0.0770. The molecule has 0 amide bonds. The van der Waals surface area contributed by atoms with Crippen molar-refractivity contribution in [2.45, 2.75) is 6.92 Å². The van der Waals surface area contributed by atoms with Gasteiger partial charge in [0.1, 0.15) is 16.6 Å². The van der Waals surface area contributed by atoms with Crippen molar-refractivity contribution in [3.63, 3.8) is 0 Å². The molecule has 0 radical (unpaired) electrons. The molecular weight excluding hydrogens is 266 g/mol. The molecule has 96 valence electrons. The molecule has 5 heteroatoms. The number of aromatic nitrogens is 1. The molecule has 19 heavy (non-hydrogen) atoms. The highest BCUT2D eigenvalue weighted by molar-refractivity contribution is 7.21. The number of halogens is 2. The van der Waals surface area contributed by atoms with E-state index in [2.05, 4.69) is 4.98 Å². The third kappa shape index (κ3) is 2.06. The predicted molar refractivity (Wildman–Crippen MR) is 74.1 cm³/mol. The number of benzene rings is 2. The van der Waals surface area contributed by atoms with Gasteiger partial charge in [-0.3, -0.25) is 0 Å². The van der Waals surface area contributed by atoms with Crippen LogP contribution in [0.4, 0.5) is 14.5 Å². The van der Waals surface area contributed by atoms with Crippen LogP contribution in [0.1, 0.15) is 5.56 Å². The number of anilines is 1. The van der Waals surface area contributed by atoms with Crippen LogP contribution in [0.2, 0.25) is 0 Å². The quantitative estimate of drug-likeness (QED) is 0.679. The summed E-state index contributed by atoms with van der Waals surface area (Å²) in [5, 5.41) is 0.504. The van der Waals surface area contributed by atoms with E-state index >= 15 is 0 Å². The van der Waals surface area contributed by atoms with Crippen LogP contribution in [0.25, 0.3) is 20.8 Å². The second kappa shape index (κ2) is 4.28. The fourth-order valence-corrected chi connectivity index (χ4v) is 2.96. The first kappa shape index (κ1) is 12.0. The average Bonchev–Trinajstić information content (AvgIpc) is 2.76. The lowest BCUT2D eigenvalue weighted by molar-refractivity contribution is 0.588. The number of hydrogen-bond donors (Lipinski definition) is 1. The highest BCUT2D eigenvalue weighted by Gasteiger charge is 2.13. The third-order valence-corrected chi connectivity index (χ3v) is 3.91. The van der Waals surface area contributed by atoms with Crippen molar-refractivity contribution in [2.24, 2.45) is 0 Å². The summed E-state index contributed by atoms with van der Waals surface area (Å²) in [6.45, 7) is 1.98. The lowest BCUT2D eigenvalue weighted by Gasteiger charge is -2.01. The fraction of sp³-hybridized carbons (Fsp3) is 0.0714. The Morgan fingerprint density at radius 3 is 2.68 bits per heavy atom. The highest BCUT2D eigenvalue weighted by atomic mass is 32.1. The van der Waals surface area contributed by atoms with Crippen molar-refractivity contribution in [3.8, 4) is 10.6 Å². The van der Waals surface area contributed by atoms with Gasteiger partial charge in [-0.2, -0.15) is 0 Å². The van der Waals surface area contributed by atoms with E-state index in [0.29, 0.717) is 5.01 Å². The Labute approximate surface area is 112 Å². The Kier molecular flexibility index (Phi) is 2.71. The van der Waals surface area contributed by atoms with Crippen LogP contribution in [0, 0.1) is 18.6 Å². The molecule has 0 atom stereocenters. The Bertz CT molecular complexity index is 780. The number of fused-ring (bicyclic) bond motifs is 1. The molecule has 1 aromatic heterocycles. The smallest absolute Gasteiger partial charge is 0.149 e. The number of nitrogens with zero attached hydrogens (tertiary/aromatic N) is 1. The van der Waals surface area contributed by atoms with Gasteiger partial charge in [-0.05, 0) is 30.7 Å². The van der Waals surface area contributed by atoms with Crippen molar-refractivity contribution in [2.75, 3.05) is 5.73 Å². The van der Waals surface area contributed by atoms with Gasteiger partial charge >= 0.3 is 0 Å². The molecule has 0 unspecified atom stereocenters. The van der Waals surface area contributed by atoms with E-state index in [9.17, 15) is 8.78 Å². The maximum Gasteiger partial charge on any atom is 0.149 e. The minimum Gasteiger partial charge on any atom is -0.396 e. The first-order chi connectivity index (χ1) is 9.04. The van der Waals surface area contributed by atoms with Crippen molar-refractivity contribution in [3.05, 3.63) is 47.5 Å². The van der Waals surface area contributed by atoms with Crippen molar-refractivity contribution >= 4 is 27.2 Å². The lowest BCUT2D eigenvalue weighted by Crippen LogP contribution is -1.94. The summed E-state index contributed by atoms with van der Waals surface area (Å²) in [6.07, 6.45) is 0. The molecule has 2 aromatic carbocycles. The maximum atomic E-state index is 13.8. The molecule has 0 spiro atoms. The van der Waals surface area contributed by atoms with E-state index in [0.717, 1.165) is 21.8 Å². The Morgan fingerprint density at radius 1 is 1.11 bits per heavy atom. The van der Waals surface area contributed by atoms with Crippen LogP contribution in [0.3, 0.4) is 0 Å². The Hall–Kier alpha value is -2.01. The number of rotatable bonds is 1. The van der Waals surface area contributed by atoms with Crippen molar-refractivity contribution in [1.82, 2.24) is 4.98 Å². The molecular formula is C14H10F2N2S. The van der Waals surface area contributed by atoms with Gasteiger partial charge in [0.2, 0.25) is 0 Å². The van der Waals surface area contributed by atoms with E-state index in [4.69, 9.17) is 5.73 Å². The number of hydrogen-bond acceptors (Lipinski definition) is 3. The van der Waals surface area contributed by atoms with Gasteiger partial charge in [-0.25, -0.2) is 13.8 Å². The zero-order valence-electron chi connectivity index (χ0n) is 10.1. The molecule has 0 aliphatic heterocycles. The second-order valence-corrected chi connectivity index (χ2v) is 5.37. The van der Waals surface area contributed by atoms with Gasteiger partial charge < -0.3 is 5.73 Å². The second-order valence-electron chi connectivity index (χ2n) is 4.34. The van der Waals surface area contributed by atoms with E-state index in [-0.39, 0.29) is 11.3 Å². The SMILES string of the molecule is Cc1ccc2nc(-c3cc(N)c(F)cc3F)sc2c1. The lowest BCUT2D eigenvalue weighted by atomic mass is 10.2. The van der Waals surface area contributed by atoms with Gasteiger partial charge in [0, 0.05) is 11.6 Å². The zero-order chi connectivity index (χ0) is 13.6. The van der Waals surface area contributed by atoms with Crippen LogP contribution in [-0.4, -0.2) is 4.98 Å². The summed E-state index contributed by atoms with van der Waals surface area (Å²) in [5.41, 5.74) is 7.55. The standard InChI is InChI=1S/C14H10F2N2S/c1-7-2-3-12-13(4-7)19-14(18-12)8-5-11(17)10(16)6-9(8)15/h2-6H,17H2,1H3. The fourth-order valence-electron chi connectivity index (χ4n) is 1.88. The molecule has 0 fully saturated rings. The summed E-state index contributed by atoms with van der Waals surface area (Å²) >= 11 is 1.36. The molecule has 3 aromatic rings. The van der Waals surface area contributed by atoms with Gasteiger partial charge in [-0.15, -0.1) is 11.3 Å². The summed E-state index contributed by atoms with van der Waals surface area (Å²) in [4.78, 5) is 4.36. The van der Waals surface area contributed by atoms with Crippen molar-refractivity contribution < 1.29 is 8.78 Å². The van der Waals surface area contributed by atoms with Crippen LogP contribution in [0.15, 0.2) is 30.3 Å². The number of aryl methyl sites for hydroxylation is 1. The third-order valence-electron chi connectivity index (χ3n) is 2.86. The molecule has 0 aliphatic carbocycles.